The van der Waals surface area contributed by atoms with Gasteiger partial charge in [0.25, 0.3) is 5.91 Å². The largest absolute Gasteiger partial charge is 0.491 e. The van der Waals surface area contributed by atoms with Gasteiger partial charge in [-0.2, -0.15) is 0 Å². The van der Waals surface area contributed by atoms with Gasteiger partial charge in [0.15, 0.2) is 17.2 Å². The Kier molecular flexibility index (Phi) is 8.52. The smallest absolute Gasteiger partial charge is 0.303 e. The fourth-order valence-corrected chi connectivity index (χ4v) is 4.19. The molecule has 4 N–H and O–H groups in total. The number of carboxylic acids is 1. The summed E-state index contributed by atoms with van der Waals surface area (Å²) in [6, 6.07) is 7.19. The van der Waals surface area contributed by atoms with Gasteiger partial charge in [-0.1, -0.05) is 20.8 Å². The molecule has 0 atom stereocenters. The van der Waals surface area contributed by atoms with Gasteiger partial charge in [0.2, 0.25) is 0 Å². The van der Waals surface area contributed by atoms with Crippen molar-refractivity contribution in [2.24, 2.45) is 0 Å². The highest BCUT2D eigenvalue weighted by atomic mass is 16.5. The molecule has 0 saturated heterocycles. The van der Waals surface area contributed by atoms with E-state index in [1.54, 1.807) is 17.0 Å². The van der Waals surface area contributed by atoms with Crippen LogP contribution in [0.15, 0.2) is 24.3 Å². The van der Waals surface area contributed by atoms with Crippen LogP contribution in [0.1, 0.15) is 78.2 Å². The second-order valence-corrected chi connectivity index (χ2v) is 9.92. The predicted octanol–water partition coefficient (Wildman–Crippen LogP) is 3.44. The molecule has 0 bridgehead atoms. The molecule has 1 aromatic carbocycles. The lowest BCUT2D eigenvalue weighted by atomic mass is 9.84. The minimum atomic E-state index is -0.831. The van der Waals surface area contributed by atoms with Gasteiger partial charge in [0, 0.05) is 43.4 Å². The summed E-state index contributed by atoms with van der Waals surface area (Å²) >= 11 is 0. The fourth-order valence-electron chi connectivity index (χ4n) is 4.19. The van der Waals surface area contributed by atoms with Crippen LogP contribution in [0.4, 0.5) is 5.69 Å². The van der Waals surface area contributed by atoms with Crippen molar-refractivity contribution in [3.63, 3.8) is 0 Å². The molecule has 0 saturated carbocycles. The van der Waals surface area contributed by atoms with E-state index in [1.807, 2.05) is 19.1 Å². The molecule has 0 unspecified atom stereocenters. The first kappa shape index (κ1) is 27.6. The van der Waals surface area contributed by atoms with Gasteiger partial charge in [-0.25, -0.2) is 4.98 Å². The monoisotopic (exact) mass is 509 g/mol. The molecular weight excluding hydrogens is 474 g/mol. The average molecular weight is 510 g/mol. The van der Waals surface area contributed by atoms with Crippen LogP contribution in [0.2, 0.25) is 0 Å². The molecule has 1 aliphatic heterocycles. The highest BCUT2D eigenvalue weighted by Crippen LogP contribution is 2.32. The second-order valence-electron chi connectivity index (χ2n) is 9.92. The van der Waals surface area contributed by atoms with Gasteiger partial charge in [-0.15, -0.1) is 0 Å². The van der Waals surface area contributed by atoms with E-state index in [-0.39, 0.29) is 35.7 Å². The summed E-state index contributed by atoms with van der Waals surface area (Å²) in [5, 5.41) is 23.3. The molecule has 198 valence electrons. The molecule has 0 aliphatic carbocycles. The van der Waals surface area contributed by atoms with Crippen molar-refractivity contribution in [1.82, 2.24) is 15.2 Å². The van der Waals surface area contributed by atoms with Crippen LogP contribution in [-0.2, 0) is 16.8 Å². The number of ketones is 1. The molecule has 2 heterocycles. The highest BCUT2D eigenvalue weighted by molar-refractivity contribution is 6.05. The van der Waals surface area contributed by atoms with E-state index in [0.29, 0.717) is 43.1 Å². The van der Waals surface area contributed by atoms with E-state index in [4.69, 9.17) is 15.3 Å². The Hall–Kier alpha value is -3.95. The van der Waals surface area contributed by atoms with Crippen LogP contribution >= 0.6 is 0 Å². The zero-order valence-corrected chi connectivity index (χ0v) is 22.0. The SMILES string of the molecule is CCOc1cc2c(nc1C(=O)NC)C(=N)N(CC(=O)c1ccc(NCCCC(=O)O)c(C(C)(C)C)c1)C2. The summed E-state index contributed by atoms with van der Waals surface area (Å²) in [5.74, 6) is -0.938. The van der Waals surface area contributed by atoms with Crippen LogP contribution in [0.25, 0.3) is 0 Å². The number of Topliss-reactive ketones (excluding diaryl/α,β-unsaturated/α-hetero) is 1. The molecular formula is C27H35N5O5. The Bertz CT molecular complexity index is 1220. The first-order valence-corrected chi connectivity index (χ1v) is 12.3. The van der Waals surface area contributed by atoms with Crippen molar-refractivity contribution in [1.29, 1.82) is 5.41 Å². The average Bonchev–Trinajstić information content (AvgIpc) is 3.14. The highest BCUT2D eigenvalue weighted by Gasteiger charge is 2.31. The number of ether oxygens (including phenoxy) is 1. The summed E-state index contributed by atoms with van der Waals surface area (Å²) in [5.41, 5.74) is 3.30. The van der Waals surface area contributed by atoms with Crippen LogP contribution < -0.4 is 15.4 Å². The number of anilines is 1. The van der Waals surface area contributed by atoms with E-state index in [2.05, 4.69) is 36.4 Å². The maximum atomic E-state index is 13.3. The molecule has 10 heteroatoms. The van der Waals surface area contributed by atoms with Crippen molar-refractivity contribution < 1.29 is 24.2 Å². The fraction of sp³-hybridized carbons (Fsp3) is 0.444. The van der Waals surface area contributed by atoms with Crippen molar-refractivity contribution in [2.75, 3.05) is 32.1 Å². The first-order valence-electron chi connectivity index (χ1n) is 12.3. The zero-order valence-electron chi connectivity index (χ0n) is 22.0. The molecule has 0 radical (unpaired) electrons. The summed E-state index contributed by atoms with van der Waals surface area (Å²) in [6.45, 7) is 9.16. The number of amidine groups is 1. The lowest BCUT2D eigenvalue weighted by molar-refractivity contribution is -0.137. The molecule has 37 heavy (non-hydrogen) atoms. The minimum absolute atomic E-state index is 0.0105. The third kappa shape index (κ3) is 6.44. The normalized spacial score (nSPS) is 12.8. The van der Waals surface area contributed by atoms with Gasteiger partial charge in [0.1, 0.15) is 11.5 Å². The van der Waals surface area contributed by atoms with Gasteiger partial charge in [-0.3, -0.25) is 19.8 Å². The standard InChI is InChI=1S/C27H35N5O5/c1-6-37-21-13-17-14-32(25(28)23(17)31-24(21)26(36)29-5)15-20(33)16-9-10-19(18(12-16)27(2,3)4)30-11-7-8-22(34)35/h9-10,12-13,28,30H,6-8,11,14-15H2,1-5H3,(H,29,36)(H,34,35). The minimum Gasteiger partial charge on any atom is -0.491 e. The number of hydrogen-bond acceptors (Lipinski definition) is 7. The van der Waals surface area contributed by atoms with E-state index < -0.39 is 11.9 Å². The number of nitrogens with zero attached hydrogens (tertiary/aromatic N) is 2. The number of carbonyl (C=O) groups is 3. The maximum Gasteiger partial charge on any atom is 0.303 e. The zero-order chi connectivity index (χ0) is 27.3. The van der Waals surface area contributed by atoms with Crippen molar-refractivity contribution in [2.45, 2.75) is 52.5 Å². The number of aromatic nitrogens is 1. The third-order valence-corrected chi connectivity index (χ3v) is 6.08. The van der Waals surface area contributed by atoms with Crippen LogP contribution in [-0.4, -0.2) is 65.2 Å². The summed E-state index contributed by atoms with van der Waals surface area (Å²) in [4.78, 5) is 42.4. The maximum absolute atomic E-state index is 13.3. The lowest BCUT2D eigenvalue weighted by Crippen LogP contribution is -2.31. The summed E-state index contributed by atoms with van der Waals surface area (Å²) in [7, 11) is 1.51. The number of benzene rings is 1. The number of aliphatic carboxylic acids is 1. The van der Waals surface area contributed by atoms with E-state index in [1.165, 1.54) is 7.05 Å². The molecule has 1 aliphatic rings. The number of rotatable bonds is 11. The molecule has 10 nitrogen and oxygen atoms in total. The van der Waals surface area contributed by atoms with E-state index in [9.17, 15) is 14.4 Å². The molecule has 2 aromatic rings. The van der Waals surface area contributed by atoms with E-state index >= 15 is 0 Å². The first-order chi connectivity index (χ1) is 17.5. The predicted molar refractivity (Wildman–Crippen MR) is 141 cm³/mol. The number of nitrogens with one attached hydrogen (secondary N) is 3. The van der Waals surface area contributed by atoms with Gasteiger partial charge >= 0.3 is 5.97 Å². The molecule has 3 rings (SSSR count). The second kappa shape index (κ2) is 11.4. The Morgan fingerprint density at radius 3 is 2.57 bits per heavy atom. The molecule has 1 aromatic heterocycles. The lowest BCUT2D eigenvalue weighted by Gasteiger charge is -2.25. The van der Waals surface area contributed by atoms with Crippen LogP contribution in [0.5, 0.6) is 5.75 Å². The van der Waals surface area contributed by atoms with Gasteiger partial charge in [0.05, 0.1) is 13.2 Å². The number of carboxylic acid groups (broad SMARTS) is 1. The number of hydrogen-bond donors (Lipinski definition) is 4. The van der Waals surface area contributed by atoms with Gasteiger partial charge < -0.3 is 25.4 Å². The molecule has 0 spiro atoms. The topological polar surface area (TPSA) is 145 Å². The van der Waals surface area contributed by atoms with Crippen LogP contribution in [0, 0.1) is 5.41 Å². The molecule has 1 amide bonds. The van der Waals surface area contributed by atoms with E-state index in [0.717, 1.165) is 16.8 Å². The number of carbonyl (C=O) groups excluding carboxylic acids is 2. The van der Waals surface area contributed by atoms with Crippen molar-refractivity contribution in [3.8, 4) is 5.75 Å². The Labute approximate surface area is 216 Å². The Balaban J connectivity index is 1.79. The molecule has 0 fully saturated rings. The number of fused-ring (bicyclic) bond motifs is 1. The Morgan fingerprint density at radius 1 is 1.22 bits per heavy atom. The third-order valence-electron chi connectivity index (χ3n) is 6.08. The van der Waals surface area contributed by atoms with Crippen LogP contribution in [0.3, 0.4) is 0 Å². The summed E-state index contributed by atoms with van der Waals surface area (Å²) in [6.07, 6.45) is 0.585. The summed E-state index contributed by atoms with van der Waals surface area (Å²) < 4.78 is 5.59. The van der Waals surface area contributed by atoms with Gasteiger partial charge in [-0.05, 0) is 48.6 Å². The number of amides is 1. The Morgan fingerprint density at radius 2 is 1.95 bits per heavy atom. The number of pyridine rings is 1. The quantitative estimate of drug-likeness (QED) is 0.266. The van der Waals surface area contributed by atoms with Crippen molar-refractivity contribution in [3.05, 3.63) is 52.3 Å². The van der Waals surface area contributed by atoms with Crippen molar-refractivity contribution >= 4 is 29.2 Å².